The quantitative estimate of drug-likeness (QED) is 0.872. The van der Waals surface area contributed by atoms with Gasteiger partial charge < -0.3 is 10.6 Å². The smallest absolute Gasteiger partial charge is 0.352 e. The monoisotopic (exact) mass is 350 g/mol. The predicted molar refractivity (Wildman–Crippen MR) is 85.8 cm³/mol. The maximum absolute atomic E-state index is 12.7. The Kier molecular flexibility index (Phi) is 7.35. The first kappa shape index (κ1) is 19.8. The Morgan fingerprint density at radius 2 is 2.17 bits per heavy atom. The molecule has 130 valence electrons. The number of piperidine rings is 1. The fourth-order valence-electron chi connectivity index (χ4n) is 2.68. The Morgan fingerprint density at radius 1 is 1.43 bits per heavy atom. The highest BCUT2D eigenvalue weighted by atomic mass is 35.5. The second-order valence-corrected chi connectivity index (χ2v) is 5.84. The Bertz CT molecular complexity index is 516. The third-order valence-corrected chi connectivity index (χ3v) is 3.94. The predicted octanol–water partition coefficient (Wildman–Crippen LogP) is 3.49. The number of alkyl halides is 3. The number of rotatable bonds is 4. The number of hydrogen-bond acceptors (Lipinski definition) is 2. The molecule has 1 unspecified atom stereocenters. The lowest BCUT2D eigenvalue weighted by atomic mass is 9.95. The molecule has 1 amide bonds. The van der Waals surface area contributed by atoms with E-state index in [1.54, 1.807) is 13.0 Å². The van der Waals surface area contributed by atoms with Gasteiger partial charge in [-0.1, -0.05) is 25.1 Å². The number of carbonyl (C=O) groups is 1. The average molecular weight is 351 g/mol. The molecule has 3 nitrogen and oxygen atoms in total. The van der Waals surface area contributed by atoms with Gasteiger partial charge in [-0.3, -0.25) is 4.79 Å². The van der Waals surface area contributed by atoms with E-state index in [0.717, 1.165) is 38.1 Å². The minimum atomic E-state index is -4.36. The summed E-state index contributed by atoms with van der Waals surface area (Å²) in [6, 6.07) is 5.31. The van der Waals surface area contributed by atoms with Crippen molar-refractivity contribution in [1.82, 2.24) is 10.6 Å². The summed E-state index contributed by atoms with van der Waals surface area (Å²) in [4.78, 5) is 12.0. The lowest BCUT2D eigenvalue weighted by Crippen LogP contribution is -2.45. The molecule has 1 heterocycles. The van der Waals surface area contributed by atoms with Crippen LogP contribution in [0.2, 0.25) is 0 Å². The third kappa shape index (κ3) is 6.03. The zero-order valence-corrected chi connectivity index (χ0v) is 13.8. The van der Waals surface area contributed by atoms with Gasteiger partial charge >= 0.3 is 6.18 Å². The topological polar surface area (TPSA) is 41.1 Å². The summed E-state index contributed by atoms with van der Waals surface area (Å²) in [7, 11) is 0. The molecule has 2 atom stereocenters. The number of carbonyl (C=O) groups excluding carboxylic acids is 1. The number of nitrogens with one attached hydrogen (secondary N) is 2. The standard InChI is InChI=1S/C16H21F3N2O.ClH/c1-11(8-15(22)21-14-6-3-7-20-10-14)12-4-2-5-13(9-12)16(17,18)19;/h2,4-5,9,11,14,20H,3,6-8,10H2,1H3,(H,21,22);1H/t11?,14-;/m0./s1. The summed E-state index contributed by atoms with van der Waals surface area (Å²) in [5.41, 5.74) is -0.138. The molecule has 1 saturated heterocycles. The van der Waals surface area contributed by atoms with Crippen molar-refractivity contribution in [3.63, 3.8) is 0 Å². The molecule has 1 fully saturated rings. The van der Waals surface area contributed by atoms with Gasteiger partial charge in [0.05, 0.1) is 5.56 Å². The lowest BCUT2D eigenvalue weighted by molar-refractivity contribution is -0.137. The van der Waals surface area contributed by atoms with E-state index in [1.807, 2.05) is 0 Å². The van der Waals surface area contributed by atoms with Crippen LogP contribution in [0.1, 0.15) is 43.2 Å². The van der Waals surface area contributed by atoms with Crippen LogP contribution in [0, 0.1) is 0 Å². The molecule has 1 aliphatic rings. The molecule has 0 bridgehead atoms. The van der Waals surface area contributed by atoms with Crippen molar-refractivity contribution in [2.75, 3.05) is 13.1 Å². The van der Waals surface area contributed by atoms with Crippen LogP contribution in [0.4, 0.5) is 13.2 Å². The van der Waals surface area contributed by atoms with Gasteiger partial charge in [-0.15, -0.1) is 12.4 Å². The van der Waals surface area contributed by atoms with Gasteiger partial charge in [-0.05, 0) is 36.9 Å². The zero-order valence-electron chi connectivity index (χ0n) is 13.0. The number of benzene rings is 1. The average Bonchev–Trinajstić information content (AvgIpc) is 2.47. The summed E-state index contributed by atoms with van der Waals surface area (Å²) < 4.78 is 38.1. The van der Waals surface area contributed by atoms with Crippen molar-refractivity contribution < 1.29 is 18.0 Å². The maximum Gasteiger partial charge on any atom is 0.416 e. The lowest BCUT2D eigenvalue weighted by Gasteiger charge is -2.24. The van der Waals surface area contributed by atoms with E-state index in [2.05, 4.69) is 10.6 Å². The molecule has 0 spiro atoms. The molecule has 0 aliphatic carbocycles. The number of amides is 1. The van der Waals surface area contributed by atoms with Gasteiger partial charge in [0.1, 0.15) is 0 Å². The fourth-order valence-corrected chi connectivity index (χ4v) is 2.68. The molecule has 1 aromatic carbocycles. The van der Waals surface area contributed by atoms with Crippen LogP contribution in [0.3, 0.4) is 0 Å². The Hall–Kier alpha value is -1.27. The van der Waals surface area contributed by atoms with Crippen LogP contribution in [0.25, 0.3) is 0 Å². The number of hydrogen-bond donors (Lipinski definition) is 2. The molecule has 0 aromatic heterocycles. The van der Waals surface area contributed by atoms with Gasteiger partial charge in [0, 0.05) is 19.0 Å². The second-order valence-electron chi connectivity index (χ2n) is 5.84. The summed E-state index contributed by atoms with van der Waals surface area (Å²) >= 11 is 0. The highest BCUT2D eigenvalue weighted by Gasteiger charge is 2.30. The van der Waals surface area contributed by atoms with Crippen molar-refractivity contribution in [3.8, 4) is 0 Å². The summed E-state index contributed by atoms with van der Waals surface area (Å²) in [5.74, 6) is -0.363. The van der Waals surface area contributed by atoms with Crippen LogP contribution in [-0.4, -0.2) is 25.0 Å². The van der Waals surface area contributed by atoms with Crippen molar-refractivity contribution in [2.45, 2.75) is 44.3 Å². The van der Waals surface area contributed by atoms with Crippen LogP contribution < -0.4 is 10.6 Å². The molecule has 0 radical (unpaired) electrons. The van der Waals surface area contributed by atoms with Crippen molar-refractivity contribution in [1.29, 1.82) is 0 Å². The Morgan fingerprint density at radius 3 is 2.78 bits per heavy atom. The van der Waals surface area contributed by atoms with Crippen molar-refractivity contribution in [3.05, 3.63) is 35.4 Å². The van der Waals surface area contributed by atoms with Crippen LogP contribution in [-0.2, 0) is 11.0 Å². The molecule has 2 rings (SSSR count). The summed E-state index contributed by atoms with van der Waals surface area (Å²) in [5, 5.41) is 6.15. The van der Waals surface area contributed by atoms with E-state index in [0.29, 0.717) is 5.56 Å². The van der Waals surface area contributed by atoms with Crippen LogP contribution in [0.15, 0.2) is 24.3 Å². The van der Waals surface area contributed by atoms with E-state index in [-0.39, 0.29) is 36.7 Å². The zero-order chi connectivity index (χ0) is 16.2. The SMILES string of the molecule is CC(CC(=O)N[C@H]1CCCNC1)c1cccc(C(F)(F)F)c1.Cl. The molecular weight excluding hydrogens is 329 g/mol. The molecule has 1 aliphatic heterocycles. The normalized spacial score (nSPS) is 19.6. The van der Waals surface area contributed by atoms with Crippen molar-refractivity contribution >= 4 is 18.3 Å². The highest BCUT2D eigenvalue weighted by molar-refractivity contribution is 5.85. The highest BCUT2D eigenvalue weighted by Crippen LogP contribution is 2.31. The number of halogens is 4. The minimum absolute atomic E-state index is 0. The van der Waals surface area contributed by atoms with Gasteiger partial charge in [0.25, 0.3) is 0 Å². The van der Waals surface area contributed by atoms with Gasteiger partial charge in [-0.2, -0.15) is 13.2 Å². The van der Waals surface area contributed by atoms with Gasteiger partial charge in [-0.25, -0.2) is 0 Å². The molecule has 0 saturated carbocycles. The Balaban J connectivity index is 0.00000264. The first-order chi connectivity index (χ1) is 10.4. The Labute approximate surface area is 140 Å². The maximum atomic E-state index is 12.7. The third-order valence-electron chi connectivity index (χ3n) is 3.94. The first-order valence-corrected chi connectivity index (χ1v) is 7.53. The molecule has 1 aromatic rings. The van der Waals surface area contributed by atoms with Crippen LogP contribution >= 0.6 is 12.4 Å². The molecule has 23 heavy (non-hydrogen) atoms. The van der Waals surface area contributed by atoms with E-state index < -0.39 is 11.7 Å². The summed E-state index contributed by atoms with van der Waals surface area (Å²) in [6.45, 7) is 3.49. The van der Waals surface area contributed by atoms with E-state index in [9.17, 15) is 18.0 Å². The minimum Gasteiger partial charge on any atom is -0.352 e. The fraction of sp³-hybridized carbons (Fsp3) is 0.562. The van der Waals surface area contributed by atoms with E-state index in [1.165, 1.54) is 6.07 Å². The summed E-state index contributed by atoms with van der Waals surface area (Å²) in [6.07, 6.45) is -2.20. The van der Waals surface area contributed by atoms with Gasteiger partial charge in [0.15, 0.2) is 0 Å². The second kappa shape index (κ2) is 8.55. The molecular formula is C16H22ClF3N2O. The van der Waals surface area contributed by atoms with Gasteiger partial charge in [0.2, 0.25) is 5.91 Å². The molecule has 2 N–H and O–H groups in total. The van der Waals surface area contributed by atoms with E-state index in [4.69, 9.17) is 0 Å². The largest absolute Gasteiger partial charge is 0.416 e. The van der Waals surface area contributed by atoms with Crippen molar-refractivity contribution in [2.24, 2.45) is 0 Å². The van der Waals surface area contributed by atoms with E-state index >= 15 is 0 Å². The first-order valence-electron chi connectivity index (χ1n) is 7.53. The molecule has 7 heteroatoms. The van der Waals surface area contributed by atoms with Crippen LogP contribution in [0.5, 0.6) is 0 Å².